The average molecular weight is 251 g/mol. The summed E-state index contributed by atoms with van der Waals surface area (Å²) in [7, 11) is 1.81. The third-order valence-electron chi connectivity index (χ3n) is 2.79. The van der Waals surface area contributed by atoms with E-state index in [4.69, 9.17) is 0 Å². The van der Waals surface area contributed by atoms with Crippen LogP contribution in [0.3, 0.4) is 0 Å². The molecule has 0 amide bonds. The number of fused-ring (bicyclic) bond motifs is 1. The minimum atomic E-state index is 0.685. The highest BCUT2D eigenvalue weighted by atomic mass is 15.1. The van der Waals surface area contributed by atoms with Crippen LogP contribution < -0.4 is 10.6 Å². The van der Waals surface area contributed by atoms with Gasteiger partial charge in [0.05, 0.1) is 23.6 Å². The molecule has 0 radical (unpaired) electrons. The van der Waals surface area contributed by atoms with Gasteiger partial charge in [0.1, 0.15) is 5.82 Å². The SMILES string of the molecule is CNc1cncc(Nc2cccc3cccnc23)n1. The molecule has 0 aliphatic rings. The summed E-state index contributed by atoms with van der Waals surface area (Å²) in [6.07, 6.45) is 5.14. The molecular formula is C14H13N5. The number of nitrogens with one attached hydrogen (secondary N) is 2. The molecule has 0 unspecified atom stereocenters. The van der Waals surface area contributed by atoms with Gasteiger partial charge in [0, 0.05) is 18.6 Å². The zero-order chi connectivity index (χ0) is 13.1. The van der Waals surface area contributed by atoms with Crippen molar-refractivity contribution in [3.05, 3.63) is 48.9 Å². The molecule has 2 heterocycles. The number of hydrogen-bond donors (Lipinski definition) is 2. The minimum absolute atomic E-state index is 0.685. The Labute approximate surface area is 110 Å². The number of rotatable bonds is 3. The van der Waals surface area contributed by atoms with Gasteiger partial charge in [-0.15, -0.1) is 0 Å². The summed E-state index contributed by atoms with van der Waals surface area (Å²) in [4.78, 5) is 12.9. The first-order valence-electron chi connectivity index (χ1n) is 5.97. The van der Waals surface area contributed by atoms with E-state index in [0.29, 0.717) is 5.82 Å². The molecule has 5 nitrogen and oxygen atoms in total. The number of benzene rings is 1. The van der Waals surface area contributed by atoms with Gasteiger partial charge in [-0.1, -0.05) is 18.2 Å². The second-order valence-electron chi connectivity index (χ2n) is 4.05. The fraction of sp³-hybridized carbons (Fsp3) is 0.0714. The lowest BCUT2D eigenvalue weighted by Gasteiger charge is -2.08. The highest BCUT2D eigenvalue weighted by Crippen LogP contribution is 2.23. The van der Waals surface area contributed by atoms with Crippen molar-refractivity contribution in [2.24, 2.45) is 0 Å². The number of aromatic nitrogens is 3. The summed E-state index contributed by atoms with van der Waals surface area (Å²) in [6, 6.07) is 9.95. The Morgan fingerprint density at radius 1 is 1.00 bits per heavy atom. The second kappa shape index (κ2) is 4.89. The summed E-state index contributed by atoms with van der Waals surface area (Å²) >= 11 is 0. The molecule has 94 valence electrons. The zero-order valence-electron chi connectivity index (χ0n) is 10.5. The van der Waals surface area contributed by atoms with Crippen LogP contribution in [0.25, 0.3) is 10.9 Å². The van der Waals surface area contributed by atoms with Crippen molar-refractivity contribution in [2.75, 3.05) is 17.7 Å². The number of hydrogen-bond acceptors (Lipinski definition) is 5. The maximum atomic E-state index is 4.39. The monoisotopic (exact) mass is 251 g/mol. The maximum absolute atomic E-state index is 4.39. The van der Waals surface area contributed by atoms with E-state index in [9.17, 15) is 0 Å². The van der Waals surface area contributed by atoms with Gasteiger partial charge >= 0.3 is 0 Å². The highest BCUT2D eigenvalue weighted by molar-refractivity contribution is 5.91. The van der Waals surface area contributed by atoms with Crippen LogP contribution in [0.2, 0.25) is 0 Å². The molecule has 2 N–H and O–H groups in total. The van der Waals surface area contributed by atoms with Crippen molar-refractivity contribution >= 4 is 28.2 Å². The lowest BCUT2D eigenvalue weighted by molar-refractivity contribution is 1.18. The molecule has 2 aromatic heterocycles. The van der Waals surface area contributed by atoms with Gasteiger partial charge in [0.25, 0.3) is 0 Å². The van der Waals surface area contributed by atoms with Crippen LogP contribution in [0.5, 0.6) is 0 Å². The lowest BCUT2D eigenvalue weighted by atomic mass is 10.2. The van der Waals surface area contributed by atoms with Crippen molar-refractivity contribution in [1.82, 2.24) is 15.0 Å². The minimum Gasteiger partial charge on any atom is -0.372 e. The summed E-state index contributed by atoms with van der Waals surface area (Å²) < 4.78 is 0. The summed E-state index contributed by atoms with van der Waals surface area (Å²) in [5.41, 5.74) is 1.84. The van der Waals surface area contributed by atoms with Gasteiger partial charge < -0.3 is 10.6 Å². The van der Waals surface area contributed by atoms with E-state index in [0.717, 1.165) is 22.4 Å². The molecule has 3 aromatic rings. The highest BCUT2D eigenvalue weighted by Gasteiger charge is 2.03. The Kier molecular flexibility index (Phi) is 2.94. The molecule has 1 aromatic carbocycles. The molecule has 5 heteroatoms. The molecule has 0 saturated heterocycles. The van der Waals surface area contributed by atoms with Crippen molar-refractivity contribution in [1.29, 1.82) is 0 Å². The van der Waals surface area contributed by atoms with Crippen LogP contribution in [0.4, 0.5) is 17.3 Å². The van der Waals surface area contributed by atoms with E-state index in [1.807, 2.05) is 37.4 Å². The molecule has 19 heavy (non-hydrogen) atoms. The van der Waals surface area contributed by atoms with Crippen LogP contribution >= 0.6 is 0 Å². The van der Waals surface area contributed by atoms with Crippen molar-refractivity contribution in [3.63, 3.8) is 0 Å². The number of pyridine rings is 1. The number of nitrogens with zero attached hydrogens (tertiary/aromatic N) is 3. The molecular weight excluding hydrogens is 238 g/mol. The topological polar surface area (TPSA) is 62.7 Å². The van der Waals surface area contributed by atoms with Crippen LogP contribution in [0.15, 0.2) is 48.9 Å². The quantitative estimate of drug-likeness (QED) is 0.749. The summed E-state index contributed by atoms with van der Waals surface area (Å²) in [5.74, 6) is 1.41. The molecule has 0 fully saturated rings. The molecule has 0 saturated carbocycles. The van der Waals surface area contributed by atoms with Crippen molar-refractivity contribution in [3.8, 4) is 0 Å². The van der Waals surface area contributed by atoms with E-state index >= 15 is 0 Å². The Bertz CT molecular complexity index is 706. The van der Waals surface area contributed by atoms with Crippen LogP contribution in [0.1, 0.15) is 0 Å². The van der Waals surface area contributed by atoms with Gasteiger partial charge in [-0.25, -0.2) is 4.98 Å². The van der Waals surface area contributed by atoms with Crippen molar-refractivity contribution in [2.45, 2.75) is 0 Å². The van der Waals surface area contributed by atoms with Crippen molar-refractivity contribution < 1.29 is 0 Å². The summed E-state index contributed by atoms with van der Waals surface area (Å²) in [5, 5.41) is 7.29. The summed E-state index contributed by atoms with van der Waals surface area (Å²) in [6.45, 7) is 0. The average Bonchev–Trinajstić information content (AvgIpc) is 2.48. The normalized spacial score (nSPS) is 10.4. The number of para-hydroxylation sites is 1. The first-order chi connectivity index (χ1) is 9.36. The fourth-order valence-corrected chi connectivity index (χ4v) is 1.89. The van der Waals surface area contributed by atoms with Crippen LogP contribution in [0, 0.1) is 0 Å². The van der Waals surface area contributed by atoms with Gasteiger partial charge in [-0.05, 0) is 12.1 Å². The molecule has 0 aliphatic heterocycles. The molecule has 0 spiro atoms. The Hall–Kier alpha value is -2.69. The van der Waals surface area contributed by atoms with E-state index in [-0.39, 0.29) is 0 Å². The maximum Gasteiger partial charge on any atom is 0.151 e. The Balaban J connectivity index is 2.01. The molecule has 0 atom stereocenters. The third-order valence-corrected chi connectivity index (χ3v) is 2.79. The number of anilines is 3. The third kappa shape index (κ3) is 2.30. The zero-order valence-corrected chi connectivity index (χ0v) is 10.5. The Morgan fingerprint density at radius 2 is 1.84 bits per heavy atom. The molecule has 3 rings (SSSR count). The fourth-order valence-electron chi connectivity index (χ4n) is 1.89. The van der Waals surface area contributed by atoms with E-state index in [1.54, 1.807) is 18.6 Å². The molecule has 0 bridgehead atoms. The van der Waals surface area contributed by atoms with Gasteiger partial charge in [0.2, 0.25) is 0 Å². The lowest BCUT2D eigenvalue weighted by Crippen LogP contribution is -1.99. The first kappa shape index (κ1) is 11.4. The molecule has 0 aliphatic carbocycles. The standard InChI is InChI=1S/C14H13N5/c1-15-12-8-16-9-13(19-12)18-11-6-2-4-10-5-3-7-17-14(10)11/h2-9H,1H3,(H2,15,18,19). The Morgan fingerprint density at radius 3 is 2.74 bits per heavy atom. The van der Waals surface area contributed by atoms with Crippen LogP contribution in [-0.2, 0) is 0 Å². The largest absolute Gasteiger partial charge is 0.372 e. The van der Waals surface area contributed by atoms with E-state index in [1.165, 1.54) is 0 Å². The van der Waals surface area contributed by atoms with Gasteiger partial charge in [-0.2, -0.15) is 0 Å². The van der Waals surface area contributed by atoms with E-state index in [2.05, 4.69) is 25.6 Å². The predicted molar refractivity (Wildman–Crippen MR) is 76.6 cm³/mol. The van der Waals surface area contributed by atoms with Gasteiger partial charge in [0.15, 0.2) is 5.82 Å². The smallest absolute Gasteiger partial charge is 0.151 e. The van der Waals surface area contributed by atoms with Crippen LogP contribution in [-0.4, -0.2) is 22.0 Å². The van der Waals surface area contributed by atoms with Gasteiger partial charge in [-0.3, -0.25) is 9.97 Å². The van der Waals surface area contributed by atoms with E-state index < -0.39 is 0 Å². The first-order valence-corrected chi connectivity index (χ1v) is 5.97. The predicted octanol–water partition coefficient (Wildman–Crippen LogP) is 2.81. The second-order valence-corrected chi connectivity index (χ2v) is 4.05.